The normalized spacial score (nSPS) is 13.9. The molecule has 1 amide bonds. The quantitative estimate of drug-likeness (QED) is 0.892. The summed E-state index contributed by atoms with van der Waals surface area (Å²) in [4.78, 5) is 18.4. The molecular formula is C13H16N6O. The van der Waals surface area contributed by atoms with Crippen molar-refractivity contribution in [2.45, 2.75) is 20.0 Å². The highest BCUT2D eigenvalue weighted by molar-refractivity contribution is 5.92. The van der Waals surface area contributed by atoms with E-state index in [9.17, 15) is 4.79 Å². The number of amides is 1. The number of pyridine rings is 1. The first-order valence-electron chi connectivity index (χ1n) is 6.64. The summed E-state index contributed by atoms with van der Waals surface area (Å²) in [6, 6.07) is 3.62. The fraction of sp³-hybridized carbons (Fsp3) is 0.385. The summed E-state index contributed by atoms with van der Waals surface area (Å²) in [5.41, 5.74) is 1.38. The molecule has 0 atom stereocenters. The van der Waals surface area contributed by atoms with E-state index < -0.39 is 0 Å². The number of carbonyl (C=O) groups is 1. The van der Waals surface area contributed by atoms with Crippen molar-refractivity contribution in [2.24, 2.45) is 0 Å². The molecule has 0 radical (unpaired) electrons. The first-order chi connectivity index (χ1) is 9.78. The molecule has 3 rings (SSSR count). The fourth-order valence-corrected chi connectivity index (χ4v) is 2.23. The van der Waals surface area contributed by atoms with E-state index in [0.717, 1.165) is 24.6 Å². The number of hydrogen-bond acceptors (Lipinski definition) is 5. The minimum atomic E-state index is -0.0673. The molecule has 0 unspecified atom stereocenters. The first-order valence-corrected chi connectivity index (χ1v) is 6.64. The Hall–Kier alpha value is -2.44. The van der Waals surface area contributed by atoms with Crippen molar-refractivity contribution in [3.63, 3.8) is 0 Å². The van der Waals surface area contributed by atoms with Gasteiger partial charge in [0.05, 0.1) is 18.4 Å². The van der Waals surface area contributed by atoms with Gasteiger partial charge >= 0.3 is 0 Å². The van der Waals surface area contributed by atoms with Crippen LogP contribution in [-0.4, -0.2) is 43.6 Å². The zero-order valence-electron chi connectivity index (χ0n) is 11.3. The van der Waals surface area contributed by atoms with E-state index in [1.54, 1.807) is 23.5 Å². The van der Waals surface area contributed by atoms with Crippen LogP contribution in [0.4, 0.5) is 5.69 Å². The lowest BCUT2D eigenvalue weighted by Crippen LogP contribution is -2.38. The summed E-state index contributed by atoms with van der Waals surface area (Å²) in [6.07, 6.45) is 3.38. The van der Waals surface area contributed by atoms with Crippen LogP contribution >= 0.6 is 0 Å². The van der Waals surface area contributed by atoms with E-state index in [0.29, 0.717) is 18.8 Å². The molecule has 1 aliphatic rings. The van der Waals surface area contributed by atoms with Gasteiger partial charge in [0, 0.05) is 19.6 Å². The van der Waals surface area contributed by atoms with Crippen LogP contribution in [0.1, 0.15) is 23.2 Å². The minimum absolute atomic E-state index is 0.0673. The number of fused-ring (bicyclic) bond motifs is 1. The predicted octanol–water partition coefficient (Wildman–Crippen LogP) is 0.761. The minimum Gasteiger partial charge on any atom is -0.384 e. The van der Waals surface area contributed by atoms with Crippen molar-refractivity contribution in [1.29, 1.82) is 0 Å². The van der Waals surface area contributed by atoms with Gasteiger partial charge in [0.25, 0.3) is 5.91 Å². The molecule has 0 aromatic carbocycles. The third-order valence-electron chi connectivity index (χ3n) is 3.29. The second-order valence-corrected chi connectivity index (χ2v) is 4.63. The Kier molecular flexibility index (Phi) is 3.32. The van der Waals surface area contributed by atoms with Crippen LogP contribution in [0.5, 0.6) is 0 Å². The van der Waals surface area contributed by atoms with Gasteiger partial charge in [0.1, 0.15) is 12.0 Å². The van der Waals surface area contributed by atoms with Gasteiger partial charge in [-0.25, -0.2) is 4.98 Å². The molecule has 0 aliphatic carbocycles. The van der Waals surface area contributed by atoms with Gasteiger partial charge in [0.15, 0.2) is 5.82 Å². The zero-order valence-corrected chi connectivity index (χ0v) is 11.3. The van der Waals surface area contributed by atoms with Gasteiger partial charge < -0.3 is 14.8 Å². The highest BCUT2D eigenvalue weighted by atomic mass is 16.2. The third-order valence-corrected chi connectivity index (χ3v) is 3.29. The van der Waals surface area contributed by atoms with Gasteiger partial charge in [-0.15, -0.1) is 10.2 Å². The standard InChI is InChI=1S/C13H16N6O/c1-2-14-10-3-4-11(15-7-10)13(20)18-5-6-19-9-16-17-12(19)8-18/h3-4,7,9,14H,2,5-6,8H2,1H3. The van der Waals surface area contributed by atoms with E-state index in [1.807, 2.05) is 17.6 Å². The molecule has 1 N–H and O–H groups in total. The Labute approximate surface area is 116 Å². The second kappa shape index (κ2) is 5.28. The summed E-state index contributed by atoms with van der Waals surface area (Å²) < 4.78 is 1.96. The number of nitrogens with one attached hydrogen (secondary N) is 1. The van der Waals surface area contributed by atoms with Crippen molar-refractivity contribution in [3.8, 4) is 0 Å². The van der Waals surface area contributed by atoms with E-state index in [-0.39, 0.29) is 5.91 Å². The Morgan fingerprint density at radius 3 is 3.05 bits per heavy atom. The van der Waals surface area contributed by atoms with Crippen LogP contribution in [-0.2, 0) is 13.1 Å². The molecule has 0 spiro atoms. The number of aromatic nitrogens is 4. The Balaban J connectivity index is 1.73. The molecule has 2 aromatic rings. The molecule has 2 aromatic heterocycles. The Morgan fingerprint density at radius 1 is 1.40 bits per heavy atom. The number of hydrogen-bond donors (Lipinski definition) is 1. The van der Waals surface area contributed by atoms with Gasteiger partial charge in [-0.2, -0.15) is 0 Å². The number of carbonyl (C=O) groups excluding carboxylic acids is 1. The molecular weight excluding hydrogens is 256 g/mol. The summed E-state index contributed by atoms with van der Waals surface area (Å²) in [5.74, 6) is 0.746. The fourth-order valence-electron chi connectivity index (χ4n) is 2.23. The highest BCUT2D eigenvalue weighted by Gasteiger charge is 2.23. The molecule has 104 valence electrons. The topological polar surface area (TPSA) is 75.9 Å². The van der Waals surface area contributed by atoms with Crippen LogP contribution in [0.25, 0.3) is 0 Å². The summed E-state index contributed by atoms with van der Waals surface area (Å²) >= 11 is 0. The van der Waals surface area contributed by atoms with Crippen LogP contribution in [0, 0.1) is 0 Å². The van der Waals surface area contributed by atoms with E-state index in [1.165, 1.54) is 0 Å². The lowest BCUT2D eigenvalue weighted by Gasteiger charge is -2.26. The maximum atomic E-state index is 12.4. The maximum absolute atomic E-state index is 12.4. The van der Waals surface area contributed by atoms with Crippen molar-refractivity contribution in [1.82, 2.24) is 24.6 Å². The van der Waals surface area contributed by atoms with E-state index in [4.69, 9.17) is 0 Å². The molecule has 20 heavy (non-hydrogen) atoms. The summed E-state index contributed by atoms with van der Waals surface area (Å²) in [5, 5.41) is 11.0. The first kappa shape index (κ1) is 12.6. The average Bonchev–Trinajstić information content (AvgIpc) is 2.95. The van der Waals surface area contributed by atoms with Gasteiger partial charge in [-0.05, 0) is 19.1 Å². The van der Waals surface area contributed by atoms with Crippen LogP contribution in [0.3, 0.4) is 0 Å². The Bertz CT molecular complexity index is 606. The second-order valence-electron chi connectivity index (χ2n) is 4.63. The SMILES string of the molecule is CCNc1ccc(C(=O)N2CCn3cnnc3C2)nc1. The van der Waals surface area contributed by atoms with Crippen molar-refractivity contribution in [2.75, 3.05) is 18.4 Å². The lowest BCUT2D eigenvalue weighted by molar-refractivity contribution is 0.0701. The maximum Gasteiger partial charge on any atom is 0.272 e. The third kappa shape index (κ3) is 2.34. The Morgan fingerprint density at radius 2 is 2.30 bits per heavy atom. The van der Waals surface area contributed by atoms with Crippen molar-refractivity contribution < 1.29 is 4.79 Å². The van der Waals surface area contributed by atoms with Crippen LogP contribution in [0.2, 0.25) is 0 Å². The molecule has 0 saturated carbocycles. The molecule has 0 bridgehead atoms. The summed E-state index contributed by atoms with van der Waals surface area (Å²) in [7, 11) is 0. The highest BCUT2D eigenvalue weighted by Crippen LogP contribution is 2.13. The number of rotatable bonds is 3. The van der Waals surface area contributed by atoms with Crippen molar-refractivity contribution >= 4 is 11.6 Å². The molecule has 0 fully saturated rings. The van der Waals surface area contributed by atoms with Gasteiger partial charge in [-0.3, -0.25) is 4.79 Å². The van der Waals surface area contributed by atoms with E-state index in [2.05, 4.69) is 20.5 Å². The van der Waals surface area contributed by atoms with Crippen LogP contribution < -0.4 is 5.32 Å². The molecule has 1 aliphatic heterocycles. The summed E-state index contributed by atoms with van der Waals surface area (Å²) in [6.45, 7) is 4.71. The zero-order chi connectivity index (χ0) is 13.9. The van der Waals surface area contributed by atoms with Gasteiger partial charge in [0.2, 0.25) is 0 Å². The van der Waals surface area contributed by atoms with Crippen LogP contribution in [0.15, 0.2) is 24.7 Å². The monoisotopic (exact) mass is 272 g/mol. The van der Waals surface area contributed by atoms with E-state index >= 15 is 0 Å². The smallest absolute Gasteiger partial charge is 0.272 e. The number of nitrogens with zero attached hydrogens (tertiary/aromatic N) is 5. The van der Waals surface area contributed by atoms with Crippen molar-refractivity contribution in [3.05, 3.63) is 36.2 Å². The predicted molar refractivity (Wildman–Crippen MR) is 73.2 cm³/mol. The molecule has 7 heteroatoms. The number of anilines is 1. The van der Waals surface area contributed by atoms with Gasteiger partial charge in [-0.1, -0.05) is 0 Å². The largest absolute Gasteiger partial charge is 0.384 e. The molecule has 3 heterocycles. The molecule has 7 nitrogen and oxygen atoms in total. The lowest BCUT2D eigenvalue weighted by atomic mass is 10.2. The average molecular weight is 272 g/mol. The molecule has 0 saturated heterocycles.